The van der Waals surface area contributed by atoms with E-state index in [0.29, 0.717) is 37.7 Å². The molecule has 2 atom stereocenters. The Morgan fingerprint density at radius 2 is 1.79 bits per heavy atom. The number of hydrogen-bond acceptors (Lipinski definition) is 5. The van der Waals surface area contributed by atoms with E-state index >= 15 is 0 Å². The van der Waals surface area contributed by atoms with Crippen LogP contribution in [-0.2, 0) is 11.3 Å². The number of carbonyl (C=O) groups is 2. The lowest BCUT2D eigenvalue weighted by atomic mass is 9.81. The van der Waals surface area contributed by atoms with Crippen molar-refractivity contribution >= 4 is 23.0 Å². The number of rotatable bonds is 4. The molecule has 1 aromatic heterocycles. The summed E-state index contributed by atoms with van der Waals surface area (Å²) < 4.78 is 14.7. The third-order valence-corrected chi connectivity index (χ3v) is 9.63. The van der Waals surface area contributed by atoms with Gasteiger partial charge in [0.15, 0.2) is 0 Å². The Morgan fingerprint density at radius 3 is 2.51 bits per heavy atom. The van der Waals surface area contributed by atoms with E-state index in [-0.39, 0.29) is 18.2 Å². The highest BCUT2D eigenvalue weighted by Crippen LogP contribution is 2.48. The number of likely N-dealkylation sites (tertiary alicyclic amines) is 1. The van der Waals surface area contributed by atoms with Crippen LogP contribution in [0.1, 0.15) is 86.7 Å². The van der Waals surface area contributed by atoms with Crippen molar-refractivity contribution in [2.75, 3.05) is 26.7 Å². The second-order valence-electron chi connectivity index (χ2n) is 13.7. The fraction of sp³-hybridized carbons (Fsp3) is 0.543. The van der Waals surface area contributed by atoms with Crippen molar-refractivity contribution in [3.05, 3.63) is 53.1 Å². The maximum absolute atomic E-state index is 12.8. The number of hydrogen-bond donors (Lipinski definition) is 1. The van der Waals surface area contributed by atoms with Gasteiger partial charge >= 0.3 is 12.1 Å². The first-order valence-corrected chi connectivity index (χ1v) is 15.8. The second-order valence-corrected chi connectivity index (χ2v) is 13.7. The third kappa shape index (κ3) is 5.74. The molecular formula is C35H45N3O5. The van der Waals surface area contributed by atoms with E-state index < -0.39 is 11.6 Å². The van der Waals surface area contributed by atoms with Crippen LogP contribution in [0.5, 0.6) is 5.75 Å². The highest BCUT2D eigenvalue weighted by Gasteiger charge is 2.37. The summed E-state index contributed by atoms with van der Waals surface area (Å²) in [6.07, 6.45) is 6.56. The van der Waals surface area contributed by atoms with Crippen molar-refractivity contribution in [3.8, 4) is 17.0 Å². The summed E-state index contributed by atoms with van der Waals surface area (Å²) in [5.41, 5.74) is 5.55. The number of ether oxygens (including phenoxy) is 2. The summed E-state index contributed by atoms with van der Waals surface area (Å²) in [7, 11) is 2.13. The fourth-order valence-electron chi connectivity index (χ4n) is 7.40. The van der Waals surface area contributed by atoms with E-state index in [1.165, 1.54) is 30.5 Å². The number of aromatic carboxylic acids is 1. The minimum Gasteiger partial charge on any atom is -0.491 e. The summed E-state index contributed by atoms with van der Waals surface area (Å²) in [6.45, 7) is 10.2. The Labute approximate surface area is 254 Å². The quantitative estimate of drug-likeness (QED) is 0.352. The van der Waals surface area contributed by atoms with E-state index in [1.54, 1.807) is 6.07 Å². The zero-order chi connectivity index (χ0) is 30.5. The number of carboxylic acid groups (broad SMARTS) is 1. The molecule has 3 aromatic rings. The van der Waals surface area contributed by atoms with E-state index in [2.05, 4.69) is 41.6 Å². The molecule has 2 aromatic carbocycles. The molecule has 2 fully saturated rings. The predicted octanol–water partition coefficient (Wildman–Crippen LogP) is 7.06. The van der Waals surface area contributed by atoms with E-state index in [9.17, 15) is 14.7 Å². The van der Waals surface area contributed by atoms with Crippen LogP contribution in [-0.4, -0.2) is 76.0 Å². The van der Waals surface area contributed by atoms with Gasteiger partial charge in [-0.3, -0.25) is 4.90 Å². The molecule has 1 saturated heterocycles. The van der Waals surface area contributed by atoms with Crippen LogP contribution in [0.2, 0.25) is 0 Å². The van der Waals surface area contributed by atoms with Gasteiger partial charge in [0, 0.05) is 42.1 Å². The van der Waals surface area contributed by atoms with E-state index in [1.807, 2.05) is 37.8 Å². The zero-order valence-corrected chi connectivity index (χ0v) is 26.2. The Bertz CT molecular complexity index is 1530. The SMILES string of the molecule is Cc1cccc2c1-c1c(C3CCCCC3)c3ccc(C(=O)O)cc3n1C[C@@H](N(C)[C@@H]1CCN(C(=O)OC(C)(C)C)C1)CO2. The number of nitrogens with zero attached hydrogens (tertiary/aromatic N) is 3. The monoisotopic (exact) mass is 587 g/mol. The van der Waals surface area contributed by atoms with Crippen LogP contribution >= 0.6 is 0 Å². The Hall–Kier alpha value is -3.52. The van der Waals surface area contributed by atoms with Gasteiger partial charge in [0.1, 0.15) is 18.0 Å². The van der Waals surface area contributed by atoms with Crippen molar-refractivity contribution in [2.45, 2.75) is 96.4 Å². The molecule has 1 aliphatic carbocycles. The zero-order valence-electron chi connectivity index (χ0n) is 26.2. The number of fused-ring (bicyclic) bond motifs is 5. The summed E-state index contributed by atoms with van der Waals surface area (Å²) in [4.78, 5) is 29.1. The molecule has 1 amide bonds. The highest BCUT2D eigenvalue weighted by atomic mass is 16.6. The first-order chi connectivity index (χ1) is 20.5. The average molecular weight is 588 g/mol. The maximum atomic E-state index is 12.8. The maximum Gasteiger partial charge on any atom is 0.410 e. The number of carbonyl (C=O) groups excluding carboxylic acids is 1. The standard InChI is InChI=1S/C35H45N3O5/c1-22-10-9-13-29-30(22)32-31(23-11-7-6-8-12-23)27-15-14-24(33(39)40)18-28(27)38(32)20-26(21-42-29)36(5)25-16-17-37(19-25)34(41)43-35(2,3)4/h9-10,13-15,18,23,25-26H,6-8,11-12,16-17,19-21H2,1-5H3,(H,39,40)/t25-,26-/m1/s1. The van der Waals surface area contributed by atoms with Crippen molar-refractivity contribution in [3.63, 3.8) is 0 Å². The minimum atomic E-state index is -0.913. The first-order valence-electron chi connectivity index (χ1n) is 15.8. The van der Waals surface area contributed by atoms with Crippen LogP contribution in [0.25, 0.3) is 22.2 Å². The summed E-state index contributed by atoms with van der Waals surface area (Å²) >= 11 is 0. The van der Waals surface area contributed by atoms with Crippen molar-refractivity contribution in [2.24, 2.45) is 0 Å². The largest absolute Gasteiger partial charge is 0.491 e. The van der Waals surface area contributed by atoms with Gasteiger partial charge in [0.25, 0.3) is 0 Å². The van der Waals surface area contributed by atoms with E-state index in [4.69, 9.17) is 9.47 Å². The minimum absolute atomic E-state index is 0.0132. The summed E-state index contributed by atoms with van der Waals surface area (Å²) in [6, 6.07) is 12.1. The first kappa shape index (κ1) is 29.5. The number of carboxylic acids is 1. The molecule has 0 spiro atoms. The van der Waals surface area contributed by atoms with E-state index in [0.717, 1.165) is 47.0 Å². The molecule has 0 radical (unpaired) electrons. The molecule has 0 unspecified atom stereocenters. The molecule has 3 heterocycles. The normalized spacial score (nSPS) is 21.2. The van der Waals surface area contributed by atoms with Gasteiger partial charge in [-0.1, -0.05) is 37.5 Å². The molecule has 3 aliphatic rings. The number of aromatic nitrogens is 1. The Kier molecular flexibility index (Phi) is 7.92. The van der Waals surface area contributed by atoms with Gasteiger partial charge in [-0.05, 0) is 89.2 Å². The molecule has 8 heteroatoms. The third-order valence-electron chi connectivity index (χ3n) is 9.63. The summed E-state index contributed by atoms with van der Waals surface area (Å²) in [5, 5.41) is 11.1. The number of benzene rings is 2. The molecule has 1 N–H and O–H groups in total. The molecule has 6 rings (SSSR count). The molecule has 8 nitrogen and oxygen atoms in total. The molecule has 2 aliphatic heterocycles. The number of amides is 1. The van der Waals surface area contributed by atoms with Crippen LogP contribution < -0.4 is 4.74 Å². The van der Waals surface area contributed by atoms with Gasteiger partial charge in [-0.2, -0.15) is 0 Å². The van der Waals surface area contributed by atoms with Gasteiger partial charge in [0.2, 0.25) is 0 Å². The number of likely N-dealkylation sites (N-methyl/N-ethyl adjacent to an activating group) is 1. The van der Waals surface area contributed by atoms with Crippen LogP contribution in [0.3, 0.4) is 0 Å². The second kappa shape index (κ2) is 11.5. The number of aryl methyl sites for hydroxylation is 1. The van der Waals surface area contributed by atoms with Crippen molar-refractivity contribution in [1.82, 2.24) is 14.4 Å². The molecule has 0 bridgehead atoms. The molecule has 1 saturated carbocycles. The van der Waals surface area contributed by atoms with Crippen molar-refractivity contribution < 1.29 is 24.2 Å². The van der Waals surface area contributed by atoms with Gasteiger partial charge in [-0.15, -0.1) is 0 Å². The Balaban J connectivity index is 1.44. The summed E-state index contributed by atoms with van der Waals surface area (Å²) in [5.74, 6) is 0.382. The Morgan fingerprint density at radius 1 is 1.02 bits per heavy atom. The predicted molar refractivity (Wildman–Crippen MR) is 168 cm³/mol. The van der Waals surface area contributed by atoms with Gasteiger partial charge in [0.05, 0.1) is 17.3 Å². The van der Waals surface area contributed by atoms with Crippen LogP contribution in [0, 0.1) is 6.92 Å². The highest BCUT2D eigenvalue weighted by molar-refractivity contribution is 5.99. The fourth-order valence-corrected chi connectivity index (χ4v) is 7.40. The molecule has 43 heavy (non-hydrogen) atoms. The molecular weight excluding hydrogens is 542 g/mol. The lowest BCUT2D eigenvalue weighted by molar-refractivity contribution is 0.0271. The molecule has 230 valence electrons. The average Bonchev–Trinajstić information content (AvgIpc) is 3.56. The van der Waals surface area contributed by atoms with Crippen LogP contribution in [0.4, 0.5) is 4.79 Å². The lowest BCUT2D eigenvalue weighted by Gasteiger charge is -2.36. The smallest absolute Gasteiger partial charge is 0.410 e. The van der Waals surface area contributed by atoms with Gasteiger partial charge in [-0.25, -0.2) is 9.59 Å². The van der Waals surface area contributed by atoms with Crippen LogP contribution in [0.15, 0.2) is 36.4 Å². The topological polar surface area (TPSA) is 84.2 Å². The van der Waals surface area contributed by atoms with Crippen molar-refractivity contribution in [1.29, 1.82) is 0 Å². The lowest BCUT2D eigenvalue weighted by Crippen LogP contribution is -2.48. The van der Waals surface area contributed by atoms with Gasteiger partial charge < -0.3 is 24.0 Å².